The lowest BCUT2D eigenvalue weighted by molar-refractivity contribution is -0.113. The van der Waals surface area contributed by atoms with E-state index in [1.54, 1.807) is 0 Å². The smallest absolute Gasteiger partial charge is 0.123 e. The van der Waals surface area contributed by atoms with E-state index in [0.29, 0.717) is 5.92 Å². The monoisotopic (exact) mass is 194 g/mol. The van der Waals surface area contributed by atoms with Crippen molar-refractivity contribution in [1.29, 1.82) is 0 Å². The second-order valence-electron chi connectivity index (χ2n) is 3.62. The average molecular weight is 195 g/mol. The molecule has 1 aromatic carbocycles. The maximum Gasteiger partial charge on any atom is 0.123 e. The van der Waals surface area contributed by atoms with E-state index in [1.165, 1.54) is 5.56 Å². The van der Waals surface area contributed by atoms with Gasteiger partial charge in [-0.3, -0.25) is 0 Å². The molecule has 0 heterocycles. The molecule has 68 valence electrons. The molecule has 0 saturated heterocycles. The van der Waals surface area contributed by atoms with Crippen LogP contribution in [0.3, 0.4) is 0 Å². The molecule has 1 aliphatic carbocycles. The van der Waals surface area contributed by atoms with Crippen molar-refractivity contribution in [2.75, 3.05) is 0 Å². The van der Waals surface area contributed by atoms with E-state index in [-0.39, 0.29) is 5.92 Å². The van der Waals surface area contributed by atoms with Crippen molar-refractivity contribution in [3.05, 3.63) is 34.9 Å². The first-order valence-corrected chi connectivity index (χ1v) is 4.88. The second kappa shape index (κ2) is 3.51. The van der Waals surface area contributed by atoms with Gasteiger partial charge in [0, 0.05) is 10.9 Å². The number of carbonyl (C=O) groups is 1. The zero-order valence-corrected chi connectivity index (χ0v) is 8.00. The maximum absolute atomic E-state index is 10.4. The Hall–Kier alpha value is -0.820. The van der Waals surface area contributed by atoms with Crippen LogP contribution in [0.5, 0.6) is 0 Å². The van der Waals surface area contributed by atoms with Crippen LogP contribution in [0.25, 0.3) is 0 Å². The Balaban J connectivity index is 2.07. The van der Waals surface area contributed by atoms with Crippen LogP contribution in [-0.4, -0.2) is 6.29 Å². The van der Waals surface area contributed by atoms with Crippen LogP contribution in [0.2, 0.25) is 5.02 Å². The summed E-state index contributed by atoms with van der Waals surface area (Å²) in [6, 6.07) is 7.91. The summed E-state index contributed by atoms with van der Waals surface area (Å²) in [4.78, 5) is 10.4. The van der Waals surface area contributed by atoms with Crippen LogP contribution in [0, 0.1) is 5.92 Å². The largest absolute Gasteiger partial charge is 0.303 e. The number of benzene rings is 1. The lowest BCUT2D eigenvalue weighted by Gasteiger charge is -2.31. The Morgan fingerprint density at radius 1 is 1.38 bits per heavy atom. The van der Waals surface area contributed by atoms with Crippen LogP contribution < -0.4 is 0 Å². The van der Waals surface area contributed by atoms with Crippen molar-refractivity contribution >= 4 is 17.9 Å². The van der Waals surface area contributed by atoms with Gasteiger partial charge in [-0.1, -0.05) is 23.7 Å². The zero-order valence-electron chi connectivity index (χ0n) is 7.24. The standard InChI is InChI=1S/C11H11ClO/c12-11-3-1-2-9(6-11)10-4-8(5-10)7-13/h1-3,6-8,10H,4-5H2. The summed E-state index contributed by atoms with van der Waals surface area (Å²) < 4.78 is 0. The number of hydrogen-bond acceptors (Lipinski definition) is 1. The van der Waals surface area contributed by atoms with E-state index in [2.05, 4.69) is 6.07 Å². The van der Waals surface area contributed by atoms with Gasteiger partial charge in [-0.05, 0) is 36.5 Å². The van der Waals surface area contributed by atoms with Crippen LogP contribution in [-0.2, 0) is 4.79 Å². The molecule has 0 spiro atoms. The van der Waals surface area contributed by atoms with Crippen LogP contribution in [0.4, 0.5) is 0 Å². The molecule has 1 aromatic rings. The fourth-order valence-corrected chi connectivity index (χ4v) is 2.00. The normalized spacial score (nSPS) is 26.5. The molecule has 1 fully saturated rings. The van der Waals surface area contributed by atoms with Crippen molar-refractivity contribution < 1.29 is 4.79 Å². The number of rotatable bonds is 2. The molecule has 0 bridgehead atoms. The minimum absolute atomic E-state index is 0.281. The van der Waals surface area contributed by atoms with E-state index in [9.17, 15) is 4.79 Å². The molecule has 0 aliphatic heterocycles. The third kappa shape index (κ3) is 1.75. The number of halogens is 1. The molecule has 0 atom stereocenters. The highest BCUT2D eigenvalue weighted by Crippen LogP contribution is 2.40. The number of hydrogen-bond donors (Lipinski definition) is 0. The first-order valence-electron chi connectivity index (χ1n) is 4.50. The highest BCUT2D eigenvalue weighted by molar-refractivity contribution is 6.30. The number of aldehydes is 1. The van der Waals surface area contributed by atoms with Gasteiger partial charge in [-0.15, -0.1) is 0 Å². The van der Waals surface area contributed by atoms with Gasteiger partial charge in [0.25, 0.3) is 0 Å². The fraction of sp³-hybridized carbons (Fsp3) is 0.364. The minimum atomic E-state index is 0.281. The molecule has 2 rings (SSSR count). The molecule has 1 aliphatic rings. The predicted molar refractivity (Wildman–Crippen MR) is 53.0 cm³/mol. The van der Waals surface area contributed by atoms with E-state index in [1.807, 2.05) is 18.2 Å². The van der Waals surface area contributed by atoms with Gasteiger partial charge in [0.1, 0.15) is 6.29 Å². The summed E-state index contributed by atoms with van der Waals surface area (Å²) >= 11 is 5.87. The molecule has 0 unspecified atom stereocenters. The number of carbonyl (C=O) groups excluding carboxylic acids is 1. The van der Waals surface area contributed by atoms with Gasteiger partial charge in [0.05, 0.1) is 0 Å². The Labute approximate surface area is 82.7 Å². The topological polar surface area (TPSA) is 17.1 Å². The summed E-state index contributed by atoms with van der Waals surface area (Å²) in [6.45, 7) is 0. The Morgan fingerprint density at radius 3 is 2.77 bits per heavy atom. The molecule has 1 saturated carbocycles. The molecule has 0 aromatic heterocycles. The third-order valence-corrected chi connectivity index (χ3v) is 2.92. The molecule has 0 radical (unpaired) electrons. The first-order chi connectivity index (χ1) is 6.29. The van der Waals surface area contributed by atoms with Gasteiger partial charge in [0.2, 0.25) is 0 Å². The van der Waals surface area contributed by atoms with Crippen LogP contribution >= 0.6 is 11.6 Å². The van der Waals surface area contributed by atoms with E-state index >= 15 is 0 Å². The highest BCUT2D eigenvalue weighted by Gasteiger charge is 2.29. The molecular weight excluding hydrogens is 184 g/mol. The second-order valence-corrected chi connectivity index (χ2v) is 4.06. The van der Waals surface area contributed by atoms with Gasteiger partial charge in [0.15, 0.2) is 0 Å². The van der Waals surface area contributed by atoms with Gasteiger partial charge < -0.3 is 4.79 Å². The molecular formula is C11H11ClO. The Kier molecular flexibility index (Phi) is 2.36. The molecule has 13 heavy (non-hydrogen) atoms. The van der Waals surface area contributed by atoms with Crippen molar-refractivity contribution in [2.24, 2.45) is 5.92 Å². The quantitative estimate of drug-likeness (QED) is 0.662. The third-order valence-electron chi connectivity index (χ3n) is 2.69. The van der Waals surface area contributed by atoms with Gasteiger partial charge in [-0.2, -0.15) is 0 Å². The Morgan fingerprint density at radius 2 is 2.15 bits per heavy atom. The minimum Gasteiger partial charge on any atom is -0.303 e. The summed E-state index contributed by atoms with van der Waals surface area (Å²) in [5.41, 5.74) is 1.27. The molecule has 1 nitrogen and oxygen atoms in total. The zero-order chi connectivity index (χ0) is 9.26. The summed E-state index contributed by atoms with van der Waals surface area (Å²) in [7, 11) is 0. The average Bonchev–Trinajstić information content (AvgIpc) is 2.02. The SMILES string of the molecule is O=CC1CC(c2cccc(Cl)c2)C1. The van der Waals surface area contributed by atoms with E-state index in [4.69, 9.17) is 11.6 Å². The highest BCUT2D eigenvalue weighted by atomic mass is 35.5. The van der Waals surface area contributed by atoms with E-state index in [0.717, 1.165) is 24.2 Å². The summed E-state index contributed by atoms with van der Waals surface area (Å²) in [5, 5.41) is 0.784. The van der Waals surface area contributed by atoms with Crippen molar-refractivity contribution in [1.82, 2.24) is 0 Å². The maximum atomic E-state index is 10.4. The van der Waals surface area contributed by atoms with Crippen molar-refractivity contribution in [2.45, 2.75) is 18.8 Å². The van der Waals surface area contributed by atoms with Gasteiger partial charge in [-0.25, -0.2) is 0 Å². The molecule has 0 amide bonds. The lowest BCUT2D eigenvalue weighted by Crippen LogP contribution is -2.22. The lowest BCUT2D eigenvalue weighted by atomic mass is 9.72. The predicted octanol–water partition coefficient (Wildman–Crippen LogP) is 3.03. The Bertz CT molecular complexity index is 316. The molecule has 2 heteroatoms. The van der Waals surface area contributed by atoms with E-state index < -0.39 is 0 Å². The summed E-state index contributed by atoms with van der Waals surface area (Å²) in [6.07, 6.45) is 3.04. The van der Waals surface area contributed by atoms with Crippen molar-refractivity contribution in [3.63, 3.8) is 0 Å². The van der Waals surface area contributed by atoms with Crippen molar-refractivity contribution in [3.8, 4) is 0 Å². The fourth-order valence-electron chi connectivity index (χ4n) is 1.81. The van der Waals surface area contributed by atoms with Crippen LogP contribution in [0.15, 0.2) is 24.3 Å². The first kappa shape index (κ1) is 8.76. The summed E-state index contributed by atoms with van der Waals surface area (Å²) in [5.74, 6) is 0.831. The van der Waals surface area contributed by atoms with Crippen LogP contribution in [0.1, 0.15) is 24.3 Å². The molecule has 0 N–H and O–H groups in total. The van der Waals surface area contributed by atoms with Gasteiger partial charge >= 0.3 is 0 Å².